The highest BCUT2D eigenvalue weighted by Gasteiger charge is 2.27. The van der Waals surface area contributed by atoms with E-state index in [9.17, 15) is 4.79 Å². The summed E-state index contributed by atoms with van der Waals surface area (Å²) in [5, 5.41) is 8.86. The molecule has 0 bridgehead atoms. The molecule has 1 saturated heterocycles. The smallest absolute Gasteiger partial charge is 0.263 e. The molecule has 4 rings (SSSR count). The fourth-order valence-corrected chi connectivity index (χ4v) is 3.80. The summed E-state index contributed by atoms with van der Waals surface area (Å²) in [5.74, 6) is 1.70. The van der Waals surface area contributed by atoms with E-state index in [1.165, 1.54) is 18.4 Å². The van der Waals surface area contributed by atoms with Gasteiger partial charge in [0.1, 0.15) is 5.75 Å². The first-order valence-corrected chi connectivity index (χ1v) is 9.81. The van der Waals surface area contributed by atoms with E-state index in [-0.39, 0.29) is 5.91 Å². The molecule has 1 atom stereocenters. The molecule has 6 heteroatoms. The standard InChI is InChI=1S/C21H26N4O2/c1-16(27-18-8-3-2-4-9-18)21(26)25-13-11-24(12-14-25)20-15-17-7-5-6-10-19(17)22-23-20/h2-4,8-9,15-16H,5-7,10-14H2,1H3/t16-/m0/s1. The lowest BCUT2D eigenvalue weighted by atomic mass is 9.97. The Balaban J connectivity index is 1.34. The Bertz CT molecular complexity index is 788. The molecule has 2 aliphatic rings. The highest BCUT2D eigenvalue weighted by molar-refractivity contribution is 5.81. The summed E-state index contributed by atoms with van der Waals surface area (Å²) in [6.07, 6.45) is 4.11. The molecule has 1 aromatic heterocycles. The Kier molecular flexibility index (Phi) is 5.23. The third-order valence-corrected chi connectivity index (χ3v) is 5.38. The van der Waals surface area contributed by atoms with E-state index >= 15 is 0 Å². The Morgan fingerprint density at radius 2 is 1.78 bits per heavy atom. The van der Waals surface area contributed by atoms with Crippen LogP contribution in [0.1, 0.15) is 31.0 Å². The van der Waals surface area contributed by atoms with Gasteiger partial charge >= 0.3 is 0 Å². The normalized spacial score (nSPS) is 18.0. The molecule has 6 nitrogen and oxygen atoms in total. The van der Waals surface area contributed by atoms with Crippen LogP contribution < -0.4 is 9.64 Å². The van der Waals surface area contributed by atoms with Crippen LogP contribution in [-0.4, -0.2) is 53.3 Å². The minimum absolute atomic E-state index is 0.0371. The average Bonchev–Trinajstić information content (AvgIpc) is 2.73. The molecule has 142 valence electrons. The number of piperazine rings is 1. The van der Waals surface area contributed by atoms with E-state index in [1.54, 1.807) is 0 Å². The van der Waals surface area contributed by atoms with E-state index in [0.717, 1.165) is 43.2 Å². The number of ether oxygens (including phenoxy) is 1. The second-order valence-electron chi connectivity index (χ2n) is 7.27. The van der Waals surface area contributed by atoms with Gasteiger partial charge in [-0.1, -0.05) is 18.2 Å². The van der Waals surface area contributed by atoms with Crippen molar-refractivity contribution in [3.63, 3.8) is 0 Å². The molecule has 1 aliphatic carbocycles. The number of aromatic nitrogens is 2. The number of amides is 1. The van der Waals surface area contributed by atoms with Gasteiger partial charge in [-0.2, -0.15) is 5.10 Å². The first kappa shape index (κ1) is 17.8. The highest BCUT2D eigenvalue weighted by atomic mass is 16.5. The van der Waals surface area contributed by atoms with Gasteiger partial charge in [0.2, 0.25) is 0 Å². The topological polar surface area (TPSA) is 58.6 Å². The van der Waals surface area contributed by atoms with Crippen LogP contribution >= 0.6 is 0 Å². The fourth-order valence-electron chi connectivity index (χ4n) is 3.80. The van der Waals surface area contributed by atoms with Gasteiger partial charge in [-0.15, -0.1) is 5.10 Å². The predicted octanol–water partition coefficient (Wildman–Crippen LogP) is 2.47. The lowest BCUT2D eigenvalue weighted by molar-refractivity contribution is -0.138. The Morgan fingerprint density at radius 1 is 1.04 bits per heavy atom. The highest BCUT2D eigenvalue weighted by Crippen LogP contribution is 2.23. The van der Waals surface area contributed by atoms with Crippen molar-refractivity contribution in [1.29, 1.82) is 0 Å². The van der Waals surface area contributed by atoms with Gasteiger partial charge in [0, 0.05) is 26.2 Å². The Morgan fingerprint density at radius 3 is 2.56 bits per heavy atom. The quantitative estimate of drug-likeness (QED) is 0.832. The van der Waals surface area contributed by atoms with Gasteiger partial charge in [-0.05, 0) is 56.4 Å². The zero-order valence-electron chi connectivity index (χ0n) is 15.8. The number of carbonyl (C=O) groups excluding carboxylic acids is 1. The third kappa shape index (κ3) is 4.04. The van der Waals surface area contributed by atoms with Gasteiger partial charge in [-0.3, -0.25) is 4.79 Å². The molecule has 0 N–H and O–H groups in total. The number of anilines is 1. The van der Waals surface area contributed by atoms with Crippen molar-refractivity contribution in [3.8, 4) is 5.75 Å². The predicted molar refractivity (Wildman–Crippen MR) is 104 cm³/mol. The van der Waals surface area contributed by atoms with Crippen molar-refractivity contribution in [2.24, 2.45) is 0 Å². The summed E-state index contributed by atoms with van der Waals surface area (Å²) < 4.78 is 5.78. The van der Waals surface area contributed by atoms with Gasteiger partial charge in [0.25, 0.3) is 5.91 Å². The van der Waals surface area contributed by atoms with Crippen molar-refractivity contribution in [1.82, 2.24) is 15.1 Å². The van der Waals surface area contributed by atoms with Gasteiger partial charge in [0.15, 0.2) is 11.9 Å². The van der Waals surface area contributed by atoms with Crippen LogP contribution in [0.4, 0.5) is 5.82 Å². The van der Waals surface area contributed by atoms with Gasteiger partial charge < -0.3 is 14.5 Å². The summed E-state index contributed by atoms with van der Waals surface area (Å²) in [4.78, 5) is 16.8. The number of hydrogen-bond donors (Lipinski definition) is 0. The largest absolute Gasteiger partial charge is 0.481 e. The monoisotopic (exact) mass is 366 g/mol. The summed E-state index contributed by atoms with van der Waals surface area (Å²) in [5.41, 5.74) is 2.50. The minimum atomic E-state index is -0.484. The minimum Gasteiger partial charge on any atom is -0.481 e. The number of rotatable bonds is 4. The van der Waals surface area contributed by atoms with Crippen molar-refractivity contribution in [2.75, 3.05) is 31.1 Å². The Labute approximate surface area is 160 Å². The van der Waals surface area contributed by atoms with Crippen LogP contribution in [-0.2, 0) is 17.6 Å². The zero-order valence-corrected chi connectivity index (χ0v) is 15.8. The lowest BCUT2D eigenvalue weighted by Gasteiger charge is -2.36. The van der Waals surface area contributed by atoms with E-state index in [4.69, 9.17) is 4.74 Å². The molecule has 0 saturated carbocycles. The van der Waals surface area contributed by atoms with Crippen molar-refractivity contribution < 1.29 is 9.53 Å². The second kappa shape index (κ2) is 7.94. The van der Waals surface area contributed by atoms with E-state index in [0.29, 0.717) is 13.1 Å². The van der Waals surface area contributed by atoms with Crippen LogP contribution in [0.15, 0.2) is 36.4 Å². The molecule has 1 amide bonds. The second-order valence-corrected chi connectivity index (χ2v) is 7.27. The van der Waals surface area contributed by atoms with E-state index < -0.39 is 6.10 Å². The maximum absolute atomic E-state index is 12.7. The van der Waals surface area contributed by atoms with Crippen LogP contribution in [0.5, 0.6) is 5.75 Å². The molecule has 1 aliphatic heterocycles. The molecule has 1 fully saturated rings. The molecule has 27 heavy (non-hydrogen) atoms. The molecule has 2 aromatic rings. The van der Waals surface area contributed by atoms with Gasteiger partial charge in [-0.25, -0.2) is 0 Å². The van der Waals surface area contributed by atoms with Crippen molar-refractivity contribution >= 4 is 11.7 Å². The number of hydrogen-bond acceptors (Lipinski definition) is 5. The summed E-state index contributed by atoms with van der Waals surface area (Å²) in [6, 6.07) is 11.7. The molecular formula is C21H26N4O2. The molecular weight excluding hydrogens is 340 g/mol. The third-order valence-electron chi connectivity index (χ3n) is 5.38. The number of fused-ring (bicyclic) bond motifs is 1. The first-order valence-electron chi connectivity index (χ1n) is 9.81. The molecule has 1 aromatic carbocycles. The van der Waals surface area contributed by atoms with E-state index in [2.05, 4.69) is 21.2 Å². The number of aryl methyl sites for hydroxylation is 2. The average molecular weight is 366 g/mol. The lowest BCUT2D eigenvalue weighted by Crippen LogP contribution is -2.52. The first-order chi connectivity index (χ1) is 13.2. The summed E-state index contributed by atoms with van der Waals surface area (Å²) in [6.45, 7) is 4.73. The SMILES string of the molecule is C[C@H](Oc1ccccc1)C(=O)N1CCN(c2cc3c(nn2)CCCC3)CC1. The number of benzene rings is 1. The number of para-hydroxylation sites is 1. The maximum atomic E-state index is 12.7. The zero-order chi connectivity index (χ0) is 18.6. The number of nitrogens with zero attached hydrogens (tertiary/aromatic N) is 4. The van der Waals surface area contributed by atoms with Gasteiger partial charge in [0.05, 0.1) is 5.69 Å². The molecule has 2 heterocycles. The Hall–Kier alpha value is -2.63. The maximum Gasteiger partial charge on any atom is 0.263 e. The molecule has 0 radical (unpaired) electrons. The van der Waals surface area contributed by atoms with Crippen molar-refractivity contribution in [3.05, 3.63) is 47.7 Å². The van der Waals surface area contributed by atoms with Crippen LogP contribution in [0.3, 0.4) is 0 Å². The summed E-state index contributed by atoms with van der Waals surface area (Å²) in [7, 11) is 0. The van der Waals surface area contributed by atoms with E-state index in [1.807, 2.05) is 42.2 Å². The van der Waals surface area contributed by atoms with Crippen LogP contribution in [0.25, 0.3) is 0 Å². The summed E-state index contributed by atoms with van der Waals surface area (Å²) >= 11 is 0. The van der Waals surface area contributed by atoms with Crippen LogP contribution in [0.2, 0.25) is 0 Å². The van der Waals surface area contributed by atoms with Crippen LogP contribution in [0, 0.1) is 0 Å². The van der Waals surface area contributed by atoms with Crippen molar-refractivity contribution in [2.45, 2.75) is 38.7 Å². The number of carbonyl (C=O) groups is 1. The molecule has 0 unspecified atom stereocenters. The fraction of sp³-hybridized carbons (Fsp3) is 0.476. The molecule has 0 spiro atoms.